The Balaban J connectivity index is 0.00000316. The zero-order chi connectivity index (χ0) is 28.2. The summed E-state index contributed by atoms with van der Waals surface area (Å²) < 4.78 is 0. The van der Waals surface area contributed by atoms with Crippen molar-refractivity contribution in [2.24, 2.45) is 0 Å². The Hall–Kier alpha value is -4.47. The van der Waals surface area contributed by atoms with Gasteiger partial charge in [-0.05, 0) is 91.8 Å². The molecule has 0 amide bonds. The number of hydrogen-bond donors (Lipinski definition) is 1. The third-order valence-electron chi connectivity index (χ3n) is 7.70. The molecular weight excluding hydrogens is 700 g/mol. The normalized spacial score (nSPS) is 12.1. The van der Waals surface area contributed by atoms with E-state index in [1.165, 1.54) is 16.7 Å². The van der Waals surface area contributed by atoms with Gasteiger partial charge in [0.2, 0.25) is 0 Å². The zero-order valence-electron chi connectivity index (χ0n) is 23.8. The van der Waals surface area contributed by atoms with Crippen LogP contribution in [0.15, 0.2) is 97.2 Å². The first-order chi connectivity index (χ1) is 19.9. The summed E-state index contributed by atoms with van der Waals surface area (Å²) >= 11 is 0. The molecule has 1 N–H and O–H groups in total. The average molecular weight is 729 g/mol. The topological polar surface area (TPSA) is 52.5 Å². The fraction of sp³-hybridized carbons (Fsp3) is 0.111. The number of phenolic OH excluding ortho intramolecular Hbond substituents is 1. The number of aryl methyl sites for hydroxylation is 4. The van der Waals surface area contributed by atoms with Crippen LogP contribution >= 0.6 is 0 Å². The molecule has 42 heavy (non-hydrogen) atoms. The fourth-order valence-electron chi connectivity index (χ4n) is 6.00. The van der Waals surface area contributed by atoms with Crippen LogP contribution in [-0.2, 0) is 21.1 Å². The number of hydrogen-bond acceptors (Lipinski definition) is 5. The molecule has 0 radical (unpaired) electrons. The molecule has 2 aromatic heterocycles. The predicted molar refractivity (Wildman–Crippen MR) is 167 cm³/mol. The Bertz CT molecular complexity index is 1960. The Labute approximate surface area is 260 Å². The van der Waals surface area contributed by atoms with Crippen molar-refractivity contribution in [1.82, 2.24) is 9.97 Å². The fourth-order valence-corrected chi connectivity index (χ4v) is 6.00. The molecule has 0 aliphatic carbocycles. The molecule has 0 saturated carbocycles. The molecule has 0 fully saturated rings. The number of para-hydroxylation sites is 3. The van der Waals surface area contributed by atoms with Gasteiger partial charge in [-0.25, -0.2) is 4.98 Å². The van der Waals surface area contributed by atoms with Gasteiger partial charge in [-0.1, -0.05) is 54.1 Å². The SMILES string of the molecule is Cc1ccnc(N2c3[c-]c(-c4ccc5cccc(O)c5n4)ccc3N(c3c(C)cc(C)cc3C)c3ccccc32)c1.[Pt]. The van der Waals surface area contributed by atoms with E-state index in [0.717, 1.165) is 56.5 Å². The summed E-state index contributed by atoms with van der Waals surface area (Å²) in [5, 5.41) is 11.4. The number of pyridine rings is 2. The number of aromatic hydroxyl groups is 1. The quantitative estimate of drug-likeness (QED) is 0.184. The van der Waals surface area contributed by atoms with Gasteiger partial charge in [0.15, 0.2) is 0 Å². The van der Waals surface area contributed by atoms with Crippen molar-refractivity contribution in [3.05, 3.63) is 126 Å². The maximum absolute atomic E-state index is 10.5. The second-order valence-corrected chi connectivity index (χ2v) is 10.7. The van der Waals surface area contributed by atoms with Crippen LogP contribution in [0.1, 0.15) is 22.3 Å². The maximum Gasteiger partial charge on any atom is 0.140 e. The van der Waals surface area contributed by atoms with Crippen LogP contribution in [-0.4, -0.2) is 15.1 Å². The summed E-state index contributed by atoms with van der Waals surface area (Å²) in [6.07, 6.45) is 1.85. The van der Waals surface area contributed by atoms with Crippen molar-refractivity contribution in [3.8, 4) is 17.0 Å². The van der Waals surface area contributed by atoms with Gasteiger partial charge >= 0.3 is 0 Å². The van der Waals surface area contributed by atoms with Crippen LogP contribution in [0.4, 0.5) is 34.3 Å². The number of anilines is 6. The molecule has 1 aliphatic rings. The van der Waals surface area contributed by atoms with Crippen molar-refractivity contribution in [2.45, 2.75) is 27.7 Å². The first kappa shape index (κ1) is 27.7. The second kappa shape index (κ2) is 10.7. The Kier molecular flexibility index (Phi) is 7.08. The molecule has 0 unspecified atom stereocenters. The summed E-state index contributed by atoms with van der Waals surface area (Å²) in [6, 6.07) is 34.4. The first-order valence-electron chi connectivity index (χ1n) is 13.7. The summed E-state index contributed by atoms with van der Waals surface area (Å²) in [6.45, 7) is 8.58. The first-order valence-corrected chi connectivity index (χ1v) is 13.7. The van der Waals surface area contributed by atoms with E-state index < -0.39 is 0 Å². The number of fused-ring (bicyclic) bond motifs is 3. The molecule has 5 nitrogen and oxygen atoms in total. The zero-order valence-corrected chi connectivity index (χ0v) is 26.1. The summed E-state index contributed by atoms with van der Waals surface area (Å²) in [5.41, 5.74) is 12.1. The predicted octanol–water partition coefficient (Wildman–Crippen LogP) is 9.29. The molecule has 4 aromatic carbocycles. The van der Waals surface area contributed by atoms with Gasteiger partial charge in [-0.3, -0.25) is 4.98 Å². The number of nitrogens with zero attached hydrogens (tertiary/aromatic N) is 4. The largest absolute Gasteiger partial charge is 0.506 e. The third kappa shape index (κ3) is 4.55. The van der Waals surface area contributed by atoms with E-state index in [0.29, 0.717) is 5.52 Å². The molecule has 210 valence electrons. The molecule has 7 rings (SSSR count). The molecule has 3 heterocycles. The minimum absolute atomic E-state index is 0. The van der Waals surface area contributed by atoms with E-state index in [-0.39, 0.29) is 26.8 Å². The molecule has 0 bridgehead atoms. The van der Waals surface area contributed by atoms with E-state index >= 15 is 0 Å². The average Bonchev–Trinajstić information content (AvgIpc) is 2.96. The van der Waals surface area contributed by atoms with Crippen LogP contribution in [0.2, 0.25) is 0 Å². The molecular formula is C36H29N4OPt-. The second-order valence-electron chi connectivity index (χ2n) is 10.7. The van der Waals surface area contributed by atoms with Gasteiger partial charge in [0, 0.05) is 38.3 Å². The minimum atomic E-state index is 0. The van der Waals surface area contributed by atoms with E-state index in [2.05, 4.69) is 98.2 Å². The third-order valence-corrected chi connectivity index (χ3v) is 7.70. The Morgan fingerprint density at radius 1 is 0.690 bits per heavy atom. The van der Waals surface area contributed by atoms with Gasteiger partial charge in [0.05, 0.1) is 11.4 Å². The molecule has 6 aromatic rings. The number of rotatable bonds is 3. The van der Waals surface area contributed by atoms with Gasteiger partial charge in [-0.15, -0.1) is 23.8 Å². The monoisotopic (exact) mass is 728 g/mol. The summed E-state index contributed by atoms with van der Waals surface area (Å²) in [7, 11) is 0. The molecule has 6 heteroatoms. The van der Waals surface area contributed by atoms with Gasteiger partial charge in [0.25, 0.3) is 0 Å². The minimum Gasteiger partial charge on any atom is -0.506 e. The van der Waals surface area contributed by atoms with Crippen molar-refractivity contribution in [3.63, 3.8) is 0 Å². The number of benzene rings is 4. The molecule has 0 spiro atoms. The molecule has 0 saturated heterocycles. The molecule has 1 aliphatic heterocycles. The smallest absolute Gasteiger partial charge is 0.140 e. The van der Waals surface area contributed by atoms with Crippen LogP contribution in [0.5, 0.6) is 5.75 Å². The van der Waals surface area contributed by atoms with Crippen molar-refractivity contribution >= 4 is 45.2 Å². The van der Waals surface area contributed by atoms with Gasteiger partial charge < -0.3 is 14.9 Å². The van der Waals surface area contributed by atoms with Crippen molar-refractivity contribution in [2.75, 3.05) is 9.80 Å². The standard InChI is InChI=1S/C36H29N4O.Pt/c1-22-16-17-37-34(20-22)39-29-9-5-6-10-30(29)40(36-24(3)18-23(2)19-25(36)4)31-15-13-27(21-32(31)39)28-14-12-26-8-7-11-33(41)35(26)38-28;/h5-20,41H,1-4H3;/q-1;. The van der Waals surface area contributed by atoms with Crippen LogP contribution in [0.25, 0.3) is 22.2 Å². The van der Waals surface area contributed by atoms with E-state index in [1.54, 1.807) is 6.07 Å². The van der Waals surface area contributed by atoms with E-state index in [4.69, 9.17) is 9.97 Å². The van der Waals surface area contributed by atoms with Crippen molar-refractivity contribution < 1.29 is 26.2 Å². The Morgan fingerprint density at radius 2 is 1.43 bits per heavy atom. The van der Waals surface area contributed by atoms with E-state index in [1.807, 2.05) is 36.5 Å². The van der Waals surface area contributed by atoms with Crippen molar-refractivity contribution in [1.29, 1.82) is 0 Å². The van der Waals surface area contributed by atoms with Crippen LogP contribution in [0, 0.1) is 33.8 Å². The summed E-state index contributed by atoms with van der Waals surface area (Å²) in [5.74, 6) is 0.992. The summed E-state index contributed by atoms with van der Waals surface area (Å²) in [4.78, 5) is 14.2. The molecule has 0 atom stereocenters. The Morgan fingerprint density at radius 3 is 2.17 bits per heavy atom. The van der Waals surface area contributed by atoms with Crippen LogP contribution < -0.4 is 9.80 Å². The van der Waals surface area contributed by atoms with Gasteiger partial charge in [0.1, 0.15) is 17.1 Å². The number of aromatic nitrogens is 2. The van der Waals surface area contributed by atoms with E-state index in [9.17, 15) is 5.11 Å². The number of phenols is 1. The van der Waals surface area contributed by atoms with Gasteiger partial charge in [-0.2, -0.15) is 0 Å². The van der Waals surface area contributed by atoms with Crippen LogP contribution in [0.3, 0.4) is 0 Å². The maximum atomic E-state index is 10.5.